The van der Waals surface area contributed by atoms with Crippen molar-refractivity contribution in [3.05, 3.63) is 95.2 Å². The molecule has 4 aromatic rings. The molecule has 0 unspecified atom stereocenters. The van der Waals surface area contributed by atoms with Crippen molar-refractivity contribution in [1.29, 1.82) is 0 Å². The number of anilines is 1. The van der Waals surface area contributed by atoms with Gasteiger partial charge in [-0.1, -0.05) is 48.5 Å². The molecule has 5 rings (SSSR count). The summed E-state index contributed by atoms with van der Waals surface area (Å²) in [7, 11) is 0. The molecule has 3 aromatic carbocycles. The maximum absolute atomic E-state index is 11.5. The van der Waals surface area contributed by atoms with Crippen molar-refractivity contribution in [2.75, 3.05) is 37.6 Å². The van der Waals surface area contributed by atoms with Crippen LogP contribution in [0.5, 0.6) is 0 Å². The number of piperazine rings is 1. The van der Waals surface area contributed by atoms with Gasteiger partial charge in [0.2, 0.25) is 5.76 Å². The summed E-state index contributed by atoms with van der Waals surface area (Å²) in [6, 6.07) is 25.2. The number of fused-ring (bicyclic) bond motifs is 1. The minimum atomic E-state index is -1.04. The van der Waals surface area contributed by atoms with E-state index in [1.807, 2.05) is 24.3 Å². The normalized spacial score (nSPS) is 14.0. The van der Waals surface area contributed by atoms with E-state index in [4.69, 9.17) is 4.42 Å². The highest BCUT2D eigenvalue weighted by Crippen LogP contribution is 2.33. The molecule has 1 aromatic heterocycles. The van der Waals surface area contributed by atoms with Crippen LogP contribution in [0.1, 0.15) is 27.2 Å². The molecule has 2 heterocycles. The molecule has 6 nitrogen and oxygen atoms in total. The third-order valence-electron chi connectivity index (χ3n) is 6.63. The number of carboxylic acid groups (broad SMARTS) is 1. The lowest BCUT2D eigenvalue weighted by Crippen LogP contribution is -2.44. The van der Waals surface area contributed by atoms with Crippen molar-refractivity contribution >= 4 is 34.6 Å². The lowest BCUT2D eigenvalue weighted by Gasteiger charge is -2.32. The van der Waals surface area contributed by atoms with E-state index in [1.165, 1.54) is 16.8 Å². The first kappa shape index (κ1) is 24.4. The van der Waals surface area contributed by atoms with E-state index in [0.29, 0.717) is 11.1 Å². The Morgan fingerprint density at radius 2 is 1.81 bits per heavy atom. The Bertz CT molecular complexity index is 1330. The number of nitrogens with one attached hydrogen (secondary N) is 1. The number of carbonyl (C=O) groups is 1. The molecule has 36 heavy (non-hydrogen) atoms. The molecule has 2 N–H and O–H groups in total. The number of hydrogen-bond donors (Lipinski definition) is 2. The number of furan rings is 1. The van der Waals surface area contributed by atoms with Crippen LogP contribution in [0, 0.1) is 6.92 Å². The Kier molecular flexibility index (Phi) is 7.60. The second-order valence-corrected chi connectivity index (χ2v) is 10.2. The molecule has 0 bridgehead atoms. The van der Waals surface area contributed by atoms with Gasteiger partial charge >= 0.3 is 5.97 Å². The molecule has 0 radical (unpaired) electrons. The van der Waals surface area contributed by atoms with Gasteiger partial charge in [-0.05, 0) is 60.7 Å². The number of aromatic carboxylic acids is 1. The predicted octanol–water partition coefficient (Wildman–Crippen LogP) is 5.60. The summed E-state index contributed by atoms with van der Waals surface area (Å²) in [4.78, 5) is 15.1. The molecule has 1 saturated heterocycles. The van der Waals surface area contributed by atoms with Crippen LogP contribution < -0.4 is 10.2 Å². The molecule has 0 amide bonds. The van der Waals surface area contributed by atoms with E-state index in [2.05, 4.69) is 63.1 Å². The Labute approximate surface area is 216 Å². The summed E-state index contributed by atoms with van der Waals surface area (Å²) in [5.74, 6) is -1.02. The highest BCUT2D eigenvalue weighted by molar-refractivity contribution is 7.97. The van der Waals surface area contributed by atoms with Gasteiger partial charge in [0.15, 0.2) is 0 Å². The van der Waals surface area contributed by atoms with E-state index in [-0.39, 0.29) is 5.76 Å². The number of hydrogen-bond acceptors (Lipinski definition) is 6. The Morgan fingerprint density at radius 3 is 2.58 bits per heavy atom. The fourth-order valence-corrected chi connectivity index (χ4v) is 5.70. The van der Waals surface area contributed by atoms with Crippen molar-refractivity contribution in [3.8, 4) is 0 Å². The lowest BCUT2D eigenvalue weighted by molar-refractivity contribution is 0.0664. The molecule has 186 valence electrons. The lowest BCUT2D eigenvalue weighted by atomic mass is 10.1. The number of carboxylic acids is 1. The average molecular weight is 502 g/mol. The minimum Gasteiger partial charge on any atom is -0.475 e. The summed E-state index contributed by atoms with van der Waals surface area (Å²) in [5, 5.41) is 13.7. The van der Waals surface area contributed by atoms with Crippen LogP contribution in [0.2, 0.25) is 0 Å². The molecule has 7 heteroatoms. The Balaban J connectivity index is 1.41. The summed E-state index contributed by atoms with van der Waals surface area (Å²) in [5.41, 5.74) is 5.20. The van der Waals surface area contributed by atoms with Crippen LogP contribution in [0.4, 0.5) is 5.69 Å². The van der Waals surface area contributed by atoms with Crippen LogP contribution in [0.25, 0.3) is 11.0 Å². The van der Waals surface area contributed by atoms with Gasteiger partial charge in [-0.25, -0.2) is 9.10 Å². The Morgan fingerprint density at radius 1 is 1.06 bits per heavy atom. The van der Waals surface area contributed by atoms with Gasteiger partial charge in [-0.15, -0.1) is 0 Å². The summed E-state index contributed by atoms with van der Waals surface area (Å²) in [6.45, 7) is 7.52. The molecule has 1 aliphatic rings. The van der Waals surface area contributed by atoms with E-state index in [0.717, 1.165) is 56.0 Å². The first-order valence-corrected chi connectivity index (χ1v) is 13.1. The maximum Gasteiger partial charge on any atom is 0.372 e. The molecular weight excluding hydrogens is 470 g/mol. The van der Waals surface area contributed by atoms with Crippen LogP contribution >= 0.6 is 11.9 Å². The van der Waals surface area contributed by atoms with Crippen molar-refractivity contribution in [2.45, 2.75) is 24.8 Å². The SMILES string of the molecule is Cc1c(C(=O)O)oc2ccc(SN(CCc3ccccc3)Cc3ccccc3N3CCNCC3)cc12. The van der Waals surface area contributed by atoms with Gasteiger partial charge < -0.3 is 19.7 Å². The molecule has 0 atom stereocenters. The fourth-order valence-electron chi connectivity index (χ4n) is 4.71. The number of benzene rings is 3. The van der Waals surface area contributed by atoms with Crippen LogP contribution in [-0.2, 0) is 13.0 Å². The van der Waals surface area contributed by atoms with Crippen molar-refractivity contribution in [2.24, 2.45) is 0 Å². The van der Waals surface area contributed by atoms with Crippen LogP contribution in [0.15, 0.2) is 82.1 Å². The number of para-hydroxylation sites is 1. The van der Waals surface area contributed by atoms with Gasteiger partial charge in [0.05, 0.1) is 0 Å². The summed E-state index contributed by atoms with van der Waals surface area (Å²) < 4.78 is 7.98. The predicted molar refractivity (Wildman–Crippen MR) is 146 cm³/mol. The van der Waals surface area contributed by atoms with E-state index < -0.39 is 5.97 Å². The van der Waals surface area contributed by atoms with Crippen molar-refractivity contribution < 1.29 is 14.3 Å². The molecule has 1 fully saturated rings. The molecule has 0 aliphatic carbocycles. The van der Waals surface area contributed by atoms with Gasteiger partial charge in [0.25, 0.3) is 0 Å². The maximum atomic E-state index is 11.5. The molecule has 0 spiro atoms. The highest BCUT2D eigenvalue weighted by Gasteiger charge is 2.19. The zero-order valence-corrected chi connectivity index (χ0v) is 21.3. The third-order valence-corrected chi connectivity index (χ3v) is 7.66. The highest BCUT2D eigenvalue weighted by atomic mass is 32.2. The first-order chi connectivity index (χ1) is 17.6. The standard InChI is InChI=1S/C29H31N3O3S/c1-21-25-19-24(11-12-27(25)35-28(21)29(33)34)36-32(16-13-22-7-3-2-4-8-22)20-23-9-5-6-10-26(23)31-17-14-30-15-18-31/h2-12,19,30H,13-18,20H2,1H3,(H,33,34). The third kappa shape index (κ3) is 5.59. The zero-order valence-electron chi connectivity index (χ0n) is 20.4. The molecule has 0 saturated carbocycles. The second kappa shape index (κ2) is 11.2. The minimum absolute atomic E-state index is 0.0121. The molecule has 1 aliphatic heterocycles. The van der Waals surface area contributed by atoms with Crippen molar-refractivity contribution in [3.63, 3.8) is 0 Å². The second-order valence-electron chi connectivity index (χ2n) is 9.08. The summed E-state index contributed by atoms with van der Waals surface area (Å²) >= 11 is 1.71. The molecular formula is C29H31N3O3S. The average Bonchev–Trinajstić information content (AvgIpc) is 3.25. The van der Waals surface area contributed by atoms with E-state index >= 15 is 0 Å². The Hall–Kier alpha value is -3.26. The van der Waals surface area contributed by atoms with Crippen molar-refractivity contribution in [1.82, 2.24) is 9.62 Å². The monoisotopic (exact) mass is 501 g/mol. The van der Waals surface area contributed by atoms with Gasteiger partial charge in [0.1, 0.15) is 5.58 Å². The summed E-state index contributed by atoms with van der Waals surface area (Å²) in [6.07, 6.45) is 0.944. The smallest absolute Gasteiger partial charge is 0.372 e. The fraction of sp³-hybridized carbons (Fsp3) is 0.276. The number of rotatable bonds is 9. The van der Waals surface area contributed by atoms with Gasteiger partial charge in [-0.2, -0.15) is 0 Å². The van der Waals surface area contributed by atoms with Crippen LogP contribution in [0.3, 0.4) is 0 Å². The van der Waals surface area contributed by atoms with Gasteiger partial charge in [-0.3, -0.25) is 0 Å². The number of nitrogens with zero attached hydrogens (tertiary/aromatic N) is 2. The van der Waals surface area contributed by atoms with Crippen LogP contribution in [-0.4, -0.2) is 48.1 Å². The van der Waals surface area contributed by atoms with E-state index in [1.54, 1.807) is 18.9 Å². The quantitative estimate of drug-likeness (QED) is 0.289. The largest absolute Gasteiger partial charge is 0.475 e. The first-order valence-electron chi connectivity index (χ1n) is 12.4. The zero-order chi connectivity index (χ0) is 24.9. The topological polar surface area (TPSA) is 69.0 Å². The number of aryl methyl sites for hydroxylation is 1. The van der Waals surface area contributed by atoms with Gasteiger partial charge in [0, 0.05) is 60.8 Å². The van der Waals surface area contributed by atoms with E-state index in [9.17, 15) is 9.90 Å².